The number of carbonyl (C=O) groups is 2. The third kappa shape index (κ3) is 5.00. The molecule has 4 nitrogen and oxygen atoms in total. The summed E-state index contributed by atoms with van der Waals surface area (Å²) in [7, 11) is 1.71. The SMILES string of the molecule is CN(C(=O)c1cccc(F)c1F)C(=O)N(C)c1c(F)cc(SC(F)(F)F)cc1F. The second-order valence-corrected chi connectivity index (χ2v) is 6.73. The van der Waals surface area contributed by atoms with Crippen LogP contribution in [-0.2, 0) is 0 Å². The Morgan fingerprint density at radius 2 is 1.48 bits per heavy atom. The Kier molecular flexibility index (Phi) is 6.46. The average Bonchev–Trinajstić information content (AvgIpc) is 2.60. The molecule has 0 aromatic heterocycles. The number of amides is 3. The lowest BCUT2D eigenvalue weighted by atomic mass is 10.2. The summed E-state index contributed by atoms with van der Waals surface area (Å²) in [6.07, 6.45) is 0. The Morgan fingerprint density at radius 3 is 2.00 bits per heavy atom. The van der Waals surface area contributed by atoms with Crippen molar-refractivity contribution in [3.05, 3.63) is 59.2 Å². The van der Waals surface area contributed by atoms with Crippen molar-refractivity contribution in [2.24, 2.45) is 0 Å². The molecule has 0 fully saturated rings. The van der Waals surface area contributed by atoms with E-state index in [1.807, 2.05) is 0 Å². The Morgan fingerprint density at radius 1 is 0.931 bits per heavy atom. The van der Waals surface area contributed by atoms with E-state index in [1.165, 1.54) is 0 Å². The van der Waals surface area contributed by atoms with E-state index in [1.54, 1.807) is 0 Å². The average molecular weight is 440 g/mol. The predicted octanol–water partition coefficient (Wildman–Crippen LogP) is 5.18. The maximum atomic E-state index is 14.2. The van der Waals surface area contributed by atoms with Crippen LogP contribution in [0.4, 0.5) is 41.2 Å². The molecule has 0 saturated carbocycles. The summed E-state index contributed by atoms with van der Waals surface area (Å²) < 4.78 is 92.4. The molecule has 2 aromatic carbocycles. The number of carbonyl (C=O) groups excluding carboxylic acids is 2. The lowest BCUT2D eigenvalue weighted by molar-refractivity contribution is -0.0328. The smallest absolute Gasteiger partial charge is 0.292 e. The topological polar surface area (TPSA) is 40.6 Å². The number of halogens is 7. The molecule has 2 aromatic rings. The quantitative estimate of drug-likeness (QED) is 0.488. The first-order valence-electron chi connectivity index (χ1n) is 7.58. The third-order valence-electron chi connectivity index (χ3n) is 3.62. The molecule has 0 saturated heterocycles. The minimum absolute atomic E-state index is 0.273. The number of benzene rings is 2. The van der Waals surface area contributed by atoms with Crippen LogP contribution in [0, 0.1) is 23.3 Å². The Bertz CT molecular complexity index is 942. The Balaban J connectivity index is 2.31. The first-order valence-corrected chi connectivity index (χ1v) is 8.39. The van der Waals surface area contributed by atoms with Gasteiger partial charge in [-0.3, -0.25) is 14.6 Å². The van der Waals surface area contributed by atoms with Gasteiger partial charge in [-0.2, -0.15) is 13.2 Å². The molecule has 0 N–H and O–H groups in total. The van der Waals surface area contributed by atoms with Crippen LogP contribution in [0.15, 0.2) is 35.2 Å². The highest BCUT2D eigenvalue weighted by atomic mass is 32.2. The minimum Gasteiger partial charge on any atom is -0.292 e. The summed E-state index contributed by atoms with van der Waals surface area (Å²) in [4.78, 5) is 24.4. The van der Waals surface area contributed by atoms with Gasteiger partial charge in [0.25, 0.3) is 5.91 Å². The number of nitrogens with zero attached hydrogens (tertiary/aromatic N) is 2. The largest absolute Gasteiger partial charge is 0.446 e. The second kappa shape index (κ2) is 8.31. The molecule has 0 aliphatic heterocycles. The van der Waals surface area contributed by atoms with Crippen LogP contribution in [0.1, 0.15) is 10.4 Å². The van der Waals surface area contributed by atoms with Gasteiger partial charge in [-0.15, -0.1) is 0 Å². The van der Waals surface area contributed by atoms with Gasteiger partial charge in [-0.25, -0.2) is 22.4 Å². The third-order valence-corrected chi connectivity index (χ3v) is 4.32. The van der Waals surface area contributed by atoms with Crippen molar-refractivity contribution in [2.45, 2.75) is 10.4 Å². The van der Waals surface area contributed by atoms with Crippen LogP contribution in [-0.4, -0.2) is 36.4 Å². The van der Waals surface area contributed by atoms with Gasteiger partial charge in [0.15, 0.2) is 23.3 Å². The number of alkyl halides is 3. The van der Waals surface area contributed by atoms with Gasteiger partial charge in [0, 0.05) is 19.0 Å². The fourth-order valence-corrected chi connectivity index (χ4v) is 2.90. The van der Waals surface area contributed by atoms with Gasteiger partial charge in [0.05, 0.1) is 5.56 Å². The van der Waals surface area contributed by atoms with Crippen molar-refractivity contribution in [3.63, 3.8) is 0 Å². The van der Waals surface area contributed by atoms with Gasteiger partial charge in [-0.05, 0) is 36.0 Å². The van der Waals surface area contributed by atoms with Crippen molar-refractivity contribution in [1.29, 1.82) is 0 Å². The first-order chi connectivity index (χ1) is 13.3. The highest BCUT2D eigenvalue weighted by molar-refractivity contribution is 8.00. The first kappa shape index (κ1) is 22.5. The summed E-state index contributed by atoms with van der Waals surface area (Å²) in [5.41, 5.74) is -6.61. The molecule has 0 aliphatic rings. The monoisotopic (exact) mass is 440 g/mol. The number of hydrogen-bond acceptors (Lipinski definition) is 3. The van der Waals surface area contributed by atoms with Crippen LogP contribution in [0.3, 0.4) is 0 Å². The van der Waals surface area contributed by atoms with E-state index in [2.05, 4.69) is 0 Å². The van der Waals surface area contributed by atoms with Crippen molar-refractivity contribution in [2.75, 3.05) is 19.0 Å². The van der Waals surface area contributed by atoms with Crippen molar-refractivity contribution in [1.82, 2.24) is 4.90 Å². The molecule has 0 aliphatic carbocycles. The fraction of sp³-hybridized carbons (Fsp3) is 0.176. The zero-order valence-corrected chi connectivity index (χ0v) is 15.5. The number of rotatable bonds is 3. The molecule has 29 heavy (non-hydrogen) atoms. The van der Waals surface area contributed by atoms with Crippen LogP contribution in [0.2, 0.25) is 0 Å². The van der Waals surface area contributed by atoms with Gasteiger partial charge in [0.2, 0.25) is 0 Å². The van der Waals surface area contributed by atoms with Crippen molar-refractivity contribution >= 4 is 29.4 Å². The molecule has 0 heterocycles. The van der Waals surface area contributed by atoms with E-state index >= 15 is 0 Å². The van der Waals surface area contributed by atoms with Gasteiger partial charge >= 0.3 is 11.5 Å². The van der Waals surface area contributed by atoms with Crippen LogP contribution < -0.4 is 4.90 Å². The van der Waals surface area contributed by atoms with Gasteiger partial charge in [-0.1, -0.05) is 6.07 Å². The highest BCUT2D eigenvalue weighted by Gasteiger charge is 2.32. The predicted molar refractivity (Wildman–Crippen MR) is 90.5 cm³/mol. The lowest BCUT2D eigenvalue weighted by Crippen LogP contribution is -2.43. The number of imide groups is 1. The van der Waals surface area contributed by atoms with E-state index in [0.717, 1.165) is 32.3 Å². The van der Waals surface area contributed by atoms with E-state index < -0.39 is 68.6 Å². The number of anilines is 1. The molecule has 2 rings (SSSR count). The maximum Gasteiger partial charge on any atom is 0.446 e. The van der Waals surface area contributed by atoms with E-state index in [4.69, 9.17) is 0 Å². The zero-order valence-electron chi connectivity index (χ0n) is 14.7. The van der Waals surface area contributed by atoms with Crippen LogP contribution >= 0.6 is 11.8 Å². The summed E-state index contributed by atoms with van der Waals surface area (Å²) in [5, 5.41) is 0. The van der Waals surface area contributed by atoms with E-state index in [9.17, 15) is 40.3 Å². The molecule has 0 spiro atoms. The summed E-state index contributed by atoms with van der Waals surface area (Å²) in [6, 6.07) is 2.06. The highest BCUT2D eigenvalue weighted by Crippen LogP contribution is 2.39. The molecule has 3 amide bonds. The molecular weight excluding hydrogens is 429 g/mol. The molecule has 0 bridgehead atoms. The fourth-order valence-electron chi connectivity index (χ4n) is 2.31. The zero-order chi connectivity index (χ0) is 22.1. The minimum atomic E-state index is -4.79. The summed E-state index contributed by atoms with van der Waals surface area (Å²) in [5.74, 6) is -7.16. The molecule has 0 radical (unpaired) electrons. The lowest BCUT2D eigenvalue weighted by Gasteiger charge is -2.25. The van der Waals surface area contributed by atoms with Gasteiger partial charge in [0.1, 0.15) is 5.69 Å². The van der Waals surface area contributed by atoms with Crippen molar-refractivity contribution < 1.29 is 40.3 Å². The maximum absolute atomic E-state index is 14.2. The molecular formula is C17H11F7N2O2S. The number of urea groups is 1. The second-order valence-electron chi connectivity index (χ2n) is 5.59. The number of thioether (sulfide) groups is 1. The molecule has 0 atom stereocenters. The molecule has 12 heteroatoms. The van der Waals surface area contributed by atoms with E-state index in [0.29, 0.717) is 17.0 Å². The van der Waals surface area contributed by atoms with E-state index in [-0.39, 0.29) is 4.90 Å². The van der Waals surface area contributed by atoms with Crippen LogP contribution in [0.5, 0.6) is 0 Å². The summed E-state index contributed by atoms with van der Waals surface area (Å²) >= 11 is -0.756. The Labute approximate surface area is 163 Å². The van der Waals surface area contributed by atoms with Gasteiger partial charge < -0.3 is 0 Å². The molecule has 156 valence electrons. The normalized spacial score (nSPS) is 11.3. The summed E-state index contributed by atoms with van der Waals surface area (Å²) in [6.45, 7) is 0. The number of hydrogen-bond donors (Lipinski definition) is 0. The Hall–Kier alpha value is -2.76. The van der Waals surface area contributed by atoms with Crippen molar-refractivity contribution in [3.8, 4) is 0 Å². The standard InChI is InChI=1S/C17H11F7N2O2S/c1-25(14-11(19)6-8(7-12(14)20)29-17(22,23)24)16(28)26(2)15(27)9-4-3-5-10(18)13(9)21/h3-7H,1-2H3. The van der Waals surface area contributed by atoms with Crippen LogP contribution in [0.25, 0.3) is 0 Å². The molecule has 0 unspecified atom stereocenters.